The van der Waals surface area contributed by atoms with Gasteiger partial charge in [0.05, 0.1) is 24.5 Å². The van der Waals surface area contributed by atoms with Crippen molar-refractivity contribution >= 4 is 13.3 Å². The zero-order chi connectivity index (χ0) is 21.5. The van der Waals surface area contributed by atoms with Crippen molar-refractivity contribution < 1.29 is 31.2 Å². The molecule has 2 rings (SSSR count). The highest BCUT2D eigenvalue weighted by Crippen LogP contribution is 2.48. The molecule has 158 valence electrons. The third kappa shape index (κ3) is 6.49. The molecule has 2 aromatic carbocycles. The van der Waals surface area contributed by atoms with E-state index in [9.17, 15) is 22.1 Å². The Labute approximate surface area is 167 Å². The lowest BCUT2D eigenvalue weighted by Gasteiger charge is -2.16. The zero-order valence-electron chi connectivity index (χ0n) is 16.1. The average Bonchev–Trinajstić information content (AvgIpc) is 2.69. The first-order valence-corrected chi connectivity index (χ1v) is 10.7. The van der Waals surface area contributed by atoms with Gasteiger partial charge in [-0.1, -0.05) is 36.4 Å². The highest BCUT2D eigenvalue weighted by molar-refractivity contribution is 7.53. The van der Waals surface area contributed by atoms with Crippen LogP contribution in [0, 0.1) is 0 Å². The molecule has 0 aliphatic carbocycles. The average molecular weight is 431 g/mol. The van der Waals surface area contributed by atoms with Crippen molar-refractivity contribution in [2.45, 2.75) is 26.7 Å². The van der Waals surface area contributed by atoms with E-state index in [2.05, 4.69) is 4.99 Å². The SMILES string of the molecule is CCOP(=O)(CN=C(c1ccc(CF)cc1)c1ccc(C(F)(F)F)cc1)OCC. The van der Waals surface area contributed by atoms with Crippen LogP contribution in [0.25, 0.3) is 0 Å². The fourth-order valence-electron chi connectivity index (χ4n) is 2.59. The molecule has 0 bridgehead atoms. The van der Waals surface area contributed by atoms with Crippen molar-refractivity contribution in [1.82, 2.24) is 0 Å². The van der Waals surface area contributed by atoms with Gasteiger partial charge in [0.25, 0.3) is 0 Å². The summed E-state index contributed by atoms with van der Waals surface area (Å²) in [5.74, 6) is 0. The minimum Gasteiger partial charge on any atom is -0.308 e. The van der Waals surface area contributed by atoms with Crippen LogP contribution in [0.1, 0.15) is 36.1 Å². The van der Waals surface area contributed by atoms with E-state index in [-0.39, 0.29) is 19.5 Å². The van der Waals surface area contributed by atoms with Gasteiger partial charge in [-0.2, -0.15) is 13.2 Å². The highest BCUT2D eigenvalue weighted by Gasteiger charge is 2.30. The van der Waals surface area contributed by atoms with Crippen LogP contribution in [-0.2, 0) is 26.5 Å². The predicted octanol–water partition coefficient (Wildman–Crippen LogP) is 6.24. The molecule has 0 radical (unpaired) electrons. The first-order valence-electron chi connectivity index (χ1n) is 8.98. The lowest BCUT2D eigenvalue weighted by Crippen LogP contribution is -2.09. The third-order valence-electron chi connectivity index (χ3n) is 3.92. The van der Waals surface area contributed by atoms with E-state index >= 15 is 0 Å². The van der Waals surface area contributed by atoms with E-state index in [0.717, 1.165) is 12.1 Å². The maximum Gasteiger partial charge on any atom is 0.416 e. The molecule has 9 heteroatoms. The van der Waals surface area contributed by atoms with Gasteiger partial charge in [-0.25, -0.2) is 4.39 Å². The molecule has 0 spiro atoms. The minimum absolute atomic E-state index is 0.160. The fourth-order valence-corrected chi connectivity index (χ4v) is 3.93. The standard InChI is InChI=1S/C20H22F4NO3P/c1-3-27-29(26,28-4-2)14-25-19(16-7-5-15(13-21)6-8-16)17-9-11-18(12-10-17)20(22,23)24/h5-12H,3-4,13-14H2,1-2H3. The van der Waals surface area contributed by atoms with Crippen LogP contribution in [0.5, 0.6) is 0 Å². The molecule has 0 saturated carbocycles. The van der Waals surface area contributed by atoms with Crippen LogP contribution >= 0.6 is 7.60 Å². The molecule has 29 heavy (non-hydrogen) atoms. The quantitative estimate of drug-likeness (QED) is 0.268. The van der Waals surface area contributed by atoms with Gasteiger partial charge in [0.1, 0.15) is 13.0 Å². The number of alkyl halides is 4. The molecule has 0 aliphatic rings. The Morgan fingerprint density at radius 2 is 1.41 bits per heavy atom. The summed E-state index contributed by atoms with van der Waals surface area (Å²) in [5, 5.41) is 0. The van der Waals surface area contributed by atoms with E-state index < -0.39 is 26.0 Å². The summed E-state index contributed by atoms with van der Waals surface area (Å²) in [6.45, 7) is 3.02. The molecule has 0 N–H and O–H groups in total. The monoisotopic (exact) mass is 431 g/mol. The molecule has 0 atom stereocenters. The normalized spacial score (nSPS) is 13.0. The van der Waals surface area contributed by atoms with Crippen LogP contribution < -0.4 is 0 Å². The molecule has 2 aromatic rings. The van der Waals surface area contributed by atoms with Gasteiger partial charge in [-0.15, -0.1) is 0 Å². The van der Waals surface area contributed by atoms with Crippen LogP contribution in [0.2, 0.25) is 0 Å². The van der Waals surface area contributed by atoms with E-state index in [1.807, 2.05) is 0 Å². The van der Waals surface area contributed by atoms with Crippen LogP contribution in [0.4, 0.5) is 17.6 Å². The van der Waals surface area contributed by atoms with E-state index in [1.54, 1.807) is 38.1 Å². The summed E-state index contributed by atoms with van der Waals surface area (Å²) in [6.07, 6.45) is -4.76. The van der Waals surface area contributed by atoms with Gasteiger partial charge in [0.15, 0.2) is 0 Å². The van der Waals surface area contributed by atoms with Gasteiger partial charge in [0.2, 0.25) is 0 Å². The van der Waals surface area contributed by atoms with Crippen LogP contribution in [0.15, 0.2) is 53.5 Å². The minimum atomic E-state index is -4.46. The Morgan fingerprint density at radius 1 is 0.931 bits per heavy atom. The molecule has 0 aliphatic heterocycles. The van der Waals surface area contributed by atoms with Gasteiger partial charge in [-0.3, -0.25) is 9.56 Å². The van der Waals surface area contributed by atoms with Crippen molar-refractivity contribution in [3.05, 3.63) is 70.8 Å². The first-order chi connectivity index (χ1) is 13.7. The molecule has 4 nitrogen and oxygen atoms in total. The summed E-state index contributed by atoms with van der Waals surface area (Å²) in [6, 6.07) is 10.8. The fraction of sp³-hybridized carbons (Fsp3) is 0.350. The topological polar surface area (TPSA) is 47.9 Å². The molecule has 0 unspecified atom stereocenters. The van der Waals surface area contributed by atoms with Crippen molar-refractivity contribution in [3.8, 4) is 0 Å². The van der Waals surface area contributed by atoms with Crippen molar-refractivity contribution in [2.75, 3.05) is 19.5 Å². The molecular formula is C20H22F4NO3P. The summed E-state index contributed by atoms with van der Waals surface area (Å²) in [4.78, 5) is 4.35. The predicted molar refractivity (Wildman–Crippen MR) is 104 cm³/mol. The Morgan fingerprint density at radius 3 is 1.83 bits per heavy atom. The van der Waals surface area contributed by atoms with Gasteiger partial charge in [-0.05, 0) is 31.5 Å². The molecular weight excluding hydrogens is 409 g/mol. The second-order valence-electron chi connectivity index (χ2n) is 6.00. The van der Waals surface area contributed by atoms with Gasteiger partial charge in [0, 0.05) is 11.1 Å². The van der Waals surface area contributed by atoms with E-state index in [1.165, 1.54) is 12.1 Å². The van der Waals surface area contributed by atoms with Crippen LogP contribution in [0.3, 0.4) is 0 Å². The highest BCUT2D eigenvalue weighted by atomic mass is 31.2. The summed E-state index contributed by atoms with van der Waals surface area (Å²) >= 11 is 0. The number of benzene rings is 2. The second-order valence-corrected chi connectivity index (χ2v) is 8.02. The molecule has 0 heterocycles. The summed E-state index contributed by atoms with van der Waals surface area (Å²) in [7, 11) is -3.49. The van der Waals surface area contributed by atoms with Crippen molar-refractivity contribution in [2.24, 2.45) is 4.99 Å². The van der Waals surface area contributed by atoms with E-state index in [4.69, 9.17) is 9.05 Å². The molecule has 0 amide bonds. The Hall–Kier alpha value is -2.02. The number of halogens is 4. The molecule has 0 saturated heterocycles. The largest absolute Gasteiger partial charge is 0.416 e. The Balaban J connectivity index is 2.46. The zero-order valence-corrected chi connectivity index (χ0v) is 17.0. The van der Waals surface area contributed by atoms with Gasteiger partial charge >= 0.3 is 13.8 Å². The number of hydrogen-bond acceptors (Lipinski definition) is 4. The van der Waals surface area contributed by atoms with Crippen LogP contribution in [-0.4, -0.2) is 25.2 Å². The third-order valence-corrected chi connectivity index (χ3v) is 5.71. The maximum atomic E-state index is 12.9. The number of hydrogen-bond donors (Lipinski definition) is 0. The van der Waals surface area contributed by atoms with Crippen molar-refractivity contribution in [3.63, 3.8) is 0 Å². The Bertz CT molecular complexity index is 855. The lowest BCUT2D eigenvalue weighted by atomic mass is 10.00. The number of nitrogens with zero attached hydrogens (tertiary/aromatic N) is 1. The maximum absolute atomic E-state index is 12.9. The molecule has 0 aromatic heterocycles. The van der Waals surface area contributed by atoms with Crippen molar-refractivity contribution in [1.29, 1.82) is 0 Å². The lowest BCUT2D eigenvalue weighted by molar-refractivity contribution is -0.137. The second kappa shape index (κ2) is 10.1. The summed E-state index contributed by atoms with van der Waals surface area (Å²) in [5.41, 5.74) is 0.910. The first kappa shape index (κ1) is 23.3. The number of rotatable bonds is 9. The Kier molecular flexibility index (Phi) is 8.14. The summed E-state index contributed by atoms with van der Waals surface area (Å²) < 4.78 is 74.6. The molecule has 0 fully saturated rings. The van der Waals surface area contributed by atoms with E-state index in [0.29, 0.717) is 22.4 Å². The smallest absolute Gasteiger partial charge is 0.308 e. The number of aliphatic imine (C=N–C) groups is 1. The van der Waals surface area contributed by atoms with Gasteiger partial charge < -0.3 is 9.05 Å².